The number of hydrogen-bond donors (Lipinski definition) is 1. The Balaban J connectivity index is 2.09. The maximum atomic E-state index is 6.08. The van der Waals surface area contributed by atoms with Crippen LogP contribution in [-0.2, 0) is 0 Å². The molecule has 0 aliphatic carbocycles. The van der Waals surface area contributed by atoms with E-state index in [1.165, 1.54) is 5.69 Å². The first-order valence-corrected chi connectivity index (χ1v) is 8.93. The fourth-order valence-electron chi connectivity index (χ4n) is 2.91. The Morgan fingerprint density at radius 3 is 2.42 bits per heavy atom. The Kier molecular flexibility index (Phi) is 4.49. The highest BCUT2D eigenvalue weighted by atomic mass is 79.9. The first kappa shape index (κ1) is 16.8. The second-order valence-electron chi connectivity index (χ2n) is 5.92. The Morgan fingerprint density at radius 1 is 1.08 bits per heavy atom. The lowest BCUT2D eigenvalue weighted by Crippen LogP contribution is -2.21. The van der Waals surface area contributed by atoms with Crippen LogP contribution in [0.15, 0.2) is 28.7 Å². The molecule has 1 heterocycles. The van der Waals surface area contributed by atoms with Gasteiger partial charge in [-0.2, -0.15) is 4.80 Å². The van der Waals surface area contributed by atoms with Gasteiger partial charge in [0.15, 0.2) is 0 Å². The SMILES string of the molecule is CCN(CC)c1ccc(-n2nc3cc(C)c(N)c(Br)c3n2)c(C)c1. The monoisotopic (exact) mass is 387 g/mol. The predicted molar refractivity (Wildman–Crippen MR) is 104 cm³/mol. The van der Waals surface area contributed by atoms with Crippen LogP contribution < -0.4 is 10.6 Å². The van der Waals surface area contributed by atoms with Crippen molar-refractivity contribution in [3.8, 4) is 5.69 Å². The number of aryl methyl sites for hydroxylation is 2. The summed E-state index contributed by atoms with van der Waals surface area (Å²) in [5.41, 5.74) is 12.7. The van der Waals surface area contributed by atoms with Crippen LogP contribution in [0.25, 0.3) is 16.7 Å². The van der Waals surface area contributed by atoms with Crippen molar-refractivity contribution < 1.29 is 0 Å². The highest BCUT2D eigenvalue weighted by Gasteiger charge is 2.14. The van der Waals surface area contributed by atoms with Crippen molar-refractivity contribution in [1.82, 2.24) is 15.0 Å². The number of anilines is 2. The number of halogens is 1. The van der Waals surface area contributed by atoms with Crippen molar-refractivity contribution in [1.29, 1.82) is 0 Å². The molecule has 2 aromatic carbocycles. The molecular formula is C18H22BrN5. The largest absolute Gasteiger partial charge is 0.398 e. The van der Waals surface area contributed by atoms with Crippen molar-refractivity contribution in [3.05, 3.63) is 39.9 Å². The number of rotatable bonds is 4. The van der Waals surface area contributed by atoms with E-state index in [2.05, 4.69) is 70.0 Å². The van der Waals surface area contributed by atoms with Gasteiger partial charge in [-0.3, -0.25) is 0 Å². The maximum absolute atomic E-state index is 6.08. The fourth-order valence-corrected chi connectivity index (χ4v) is 3.51. The third-order valence-corrected chi connectivity index (χ3v) is 5.19. The fraction of sp³-hybridized carbons (Fsp3) is 0.333. The Bertz CT molecular complexity index is 896. The van der Waals surface area contributed by atoms with Gasteiger partial charge in [0, 0.05) is 18.8 Å². The van der Waals surface area contributed by atoms with Crippen molar-refractivity contribution in [2.45, 2.75) is 27.7 Å². The third-order valence-electron chi connectivity index (χ3n) is 4.39. The van der Waals surface area contributed by atoms with Crippen LogP contribution in [0.4, 0.5) is 11.4 Å². The smallest absolute Gasteiger partial charge is 0.129 e. The van der Waals surface area contributed by atoms with Crippen LogP contribution in [0.1, 0.15) is 25.0 Å². The van der Waals surface area contributed by atoms with E-state index in [1.54, 1.807) is 4.80 Å². The van der Waals surface area contributed by atoms with E-state index in [0.29, 0.717) is 5.69 Å². The molecule has 1 aromatic heterocycles. The summed E-state index contributed by atoms with van der Waals surface area (Å²) in [6, 6.07) is 8.35. The molecule has 126 valence electrons. The molecule has 0 bridgehead atoms. The number of aromatic nitrogens is 3. The summed E-state index contributed by atoms with van der Waals surface area (Å²) in [6.07, 6.45) is 0. The van der Waals surface area contributed by atoms with E-state index in [0.717, 1.165) is 45.4 Å². The summed E-state index contributed by atoms with van der Waals surface area (Å²) in [4.78, 5) is 4.01. The molecule has 0 aliphatic rings. The highest BCUT2D eigenvalue weighted by Crippen LogP contribution is 2.31. The van der Waals surface area contributed by atoms with E-state index >= 15 is 0 Å². The lowest BCUT2D eigenvalue weighted by Gasteiger charge is -2.22. The molecule has 0 spiro atoms. The summed E-state index contributed by atoms with van der Waals surface area (Å²) in [5.74, 6) is 0. The van der Waals surface area contributed by atoms with Gasteiger partial charge < -0.3 is 10.6 Å². The molecule has 0 unspecified atom stereocenters. The minimum atomic E-state index is 0.711. The van der Waals surface area contributed by atoms with Crippen LogP contribution in [0, 0.1) is 13.8 Å². The lowest BCUT2D eigenvalue weighted by atomic mass is 10.1. The zero-order valence-corrected chi connectivity index (χ0v) is 16.1. The van der Waals surface area contributed by atoms with E-state index in [-0.39, 0.29) is 0 Å². The van der Waals surface area contributed by atoms with Gasteiger partial charge in [-0.25, -0.2) is 0 Å². The van der Waals surface area contributed by atoms with Gasteiger partial charge >= 0.3 is 0 Å². The van der Waals surface area contributed by atoms with E-state index in [9.17, 15) is 0 Å². The van der Waals surface area contributed by atoms with Crippen molar-refractivity contribution in [2.24, 2.45) is 0 Å². The van der Waals surface area contributed by atoms with Gasteiger partial charge in [-0.15, -0.1) is 10.2 Å². The molecule has 0 aliphatic heterocycles. The molecule has 3 aromatic rings. The maximum Gasteiger partial charge on any atom is 0.129 e. The van der Waals surface area contributed by atoms with Crippen LogP contribution in [-0.4, -0.2) is 28.1 Å². The minimum absolute atomic E-state index is 0.711. The van der Waals surface area contributed by atoms with Crippen LogP contribution >= 0.6 is 15.9 Å². The summed E-state index contributed by atoms with van der Waals surface area (Å²) >= 11 is 3.54. The summed E-state index contributed by atoms with van der Waals surface area (Å²) in [7, 11) is 0. The Morgan fingerprint density at radius 2 is 1.79 bits per heavy atom. The normalized spacial score (nSPS) is 11.2. The molecule has 6 heteroatoms. The highest BCUT2D eigenvalue weighted by molar-refractivity contribution is 9.10. The number of hydrogen-bond acceptors (Lipinski definition) is 4. The first-order chi connectivity index (χ1) is 11.5. The average Bonchev–Trinajstić information content (AvgIpc) is 2.98. The van der Waals surface area contributed by atoms with Gasteiger partial charge in [-0.05, 0) is 79.0 Å². The van der Waals surface area contributed by atoms with Gasteiger partial charge in [0.2, 0.25) is 0 Å². The number of nitrogens with zero attached hydrogens (tertiary/aromatic N) is 4. The second-order valence-corrected chi connectivity index (χ2v) is 6.71. The molecule has 24 heavy (non-hydrogen) atoms. The van der Waals surface area contributed by atoms with Crippen molar-refractivity contribution >= 4 is 38.3 Å². The van der Waals surface area contributed by atoms with Gasteiger partial charge in [0.25, 0.3) is 0 Å². The zero-order chi connectivity index (χ0) is 17.4. The van der Waals surface area contributed by atoms with E-state index < -0.39 is 0 Å². The molecule has 5 nitrogen and oxygen atoms in total. The van der Waals surface area contributed by atoms with Crippen LogP contribution in [0.5, 0.6) is 0 Å². The molecule has 0 fully saturated rings. The van der Waals surface area contributed by atoms with Crippen LogP contribution in [0.2, 0.25) is 0 Å². The number of benzene rings is 2. The second kappa shape index (κ2) is 6.43. The zero-order valence-electron chi connectivity index (χ0n) is 14.5. The number of fused-ring (bicyclic) bond motifs is 1. The predicted octanol–water partition coefficient (Wildman–Crippen LogP) is 4.23. The summed E-state index contributed by atoms with van der Waals surface area (Å²) in [6.45, 7) is 10.4. The Hall–Kier alpha value is -2.08. The molecule has 0 saturated carbocycles. The molecular weight excluding hydrogens is 366 g/mol. The molecule has 0 radical (unpaired) electrons. The minimum Gasteiger partial charge on any atom is -0.398 e. The topological polar surface area (TPSA) is 60.0 Å². The summed E-state index contributed by atoms with van der Waals surface area (Å²) < 4.78 is 0.807. The molecule has 3 rings (SSSR count). The standard InChI is InChI=1S/C18H22BrN5/c1-5-23(6-2)13-7-8-15(11(3)9-13)24-21-14-10-12(4)17(20)16(19)18(14)22-24/h7-10H,5-6,20H2,1-4H3. The molecule has 0 amide bonds. The Labute approximate surface area is 150 Å². The number of nitrogen functional groups attached to an aromatic ring is 1. The quantitative estimate of drug-likeness (QED) is 0.680. The van der Waals surface area contributed by atoms with E-state index in [4.69, 9.17) is 5.73 Å². The van der Waals surface area contributed by atoms with Crippen molar-refractivity contribution in [3.63, 3.8) is 0 Å². The molecule has 0 saturated heterocycles. The molecule has 2 N–H and O–H groups in total. The lowest BCUT2D eigenvalue weighted by molar-refractivity contribution is 0.759. The number of nitrogens with two attached hydrogens (primary N) is 1. The van der Waals surface area contributed by atoms with E-state index in [1.807, 2.05) is 13.0 Å². The van der Waals surface area contributed by atoms with Crippen LogP contribution in [0.3, 0.4) is 0 Å². The average molecular weight is 388 g/mol. The summed E-state index contributed by atoms with van der Waals surface area (Å²) in [5, 5.41) is 9.25. The van der Waals surface area contributed by atoms with Gasteiger partial charge in [-0.1, -0.05) is 0 Å². The first-order valence-electron chi connectivity index (χ1n) is 8.13. The van der Waals surface area contributed by atoms with Crippen molar-refractivity contribution in [2.75, 3.05) is 23.7 Å². The van der Waals surface area contributed by atoms with Gasteiger partial charge in [0.05, 0.1) is 15.8 Å². The third kappa shape index (κ3) is 2.75. The van der Waals surface area contributed by atoms with Gasteiger partial charge in [0.1, 0.15) is 11.0 Å². The molecule has 0 atom stereocenters.